The molecule has 1 fully saturated rings. The maximum Gasteiger partial charge on any atom is 0.244 e. The van der Waals surface area contributed by atoms with Gasteiger partial charge in [-0.1, -0.05) is 36.4 Å². The SMILES string of the molecule is CN(Cc1ccc2ccccc2c1)C(=O)C1(S(C)(=O)=O)CCNCC1.Cl. The molecule has 0 unspecified atom stereocenters. The van der Waals surface area contributed by atoms with Gasteiger partial charge in [-0.3, -0.25) is 4.79 Å². The fourth-order valence-corrected chi connectivity index (χ4v) is 5.02. The number of carbonyl (C=O) groups excluding carboxylic acids is 1. The Morgan fingerprint density at radius 1 is 1.12 bits per heavy atom. The lowest BCUT2D eigenvalue weighted by Crippen LogP contribution is -2.57. The summed E-state index contributed by atoms with van der Waals surface area (Å²) in [4.78, 5) is 14.6. The molecule has 0 atom stereocenters. The van der Waals surface area contributed by atoms with E-state index in [0.29, 0.717) is 32.5 Å². The van der Waals surface area contributed by atoms with Crippen molar-refractivity contribution in [2.24, 2.45) is 0 Å². The van der Waals surface area contributed by atoms with Gasteiger partial charge in [-0.05, 0) is 48.3 Å². The Hall–Kier alpha value is -1.63. The van der Waals surface area contributed by atoms with E-state index in [4.69, 9.17) is 0 Å². The van der Waals surface area contributed by atoms with Crippen molar-refractivity contribution >= 4 is 38.9 Å². The minimum atomic E-state index is -3.49. The first-order chi connectivity index (χ1) is 11.8. The van der Waals surface area contributed by atoms with Crippen molar-refractivity contribution in [1.82, 2.24) is 10.2 Å². The fourth-order valence-electron chi connectivity index (χ4n) is 3.60. The van der Waals surface area contributed by atoms with Gasteiger partial charge in [0.15, 0.2) is 14.6 Å². The number of hydrogen-bond donors (Lipinski definition) is 1. The van der Waals surface area contributed by atoms with Crippen molar-refractivity contribution in [3.8, 4) is 0 Å². The summed E-state index contributed by atoms with van der Waals surface area (Å²) >= 11 is 0. The molecule has 1 saturated heterocycles. The summed E-state index contributed by atoms with van der Waals surface area (Å²) in [6, 6.07) is 14.1. The number of hydrogen-bond acceptors (Lipinski definition) is 4. The van der Waals surface area contributed by atoms with E-state index >= 15 is 0 Å². The first-order valence-electron chi connectivity index (χ1n) is 8.47. The van der Waals surface area contributed by atoms with Crippen molar-refractivity contribution in [3.05, 3.63) is 48.0 Å². The third kappa shape index (κ3) is 3.87. The summed E-state index contributed by atoms with van der Waals surface area (Å²) in [5, 5.41) is 5.40. The van der Waals surface area contributed by atoms with E-state index in [9.17, 15) is 13.2 Å². The summed E-state index contributed by atoms with van der Waals surface area (Å²) < 4.78 is 23.5. The molecule has 0 saturated carbocycles. The molecule has 1 aliphatic rings. The Kier molecular flexibility index (Phi) is 6.32. The van der Waals surface area contributed by atoms with E-state index < -0.39 is 14.6 Å². The van der Waals surface area contributed by atoms with Crippen LogP contribution in [0.25, 0.3) is 10.8 Å². The molecule has 1 heterocycles. The van der Waals surface area contributed by atoms with E-state index in [1.807, 2.05) is 36.4 Å². The van der Waals surface area contributed by atoms with E-state index in [1.165, 1.54) is 6.26 Å². The van der Waals surface area contributed by atoms with Gasteiger partial charge in [-0.15, -0.1) is 12.4 Å². The first-order valence-corrected chi connectivity index (χ1v) is 10.4. The molecule has 7 heteroatoms. The van der Waals surface area contributed by atoms with Crippen molar-refractivity contribution < 1.29 is 13.2 Å². The van der Waals surface area contributed by atoms with Crippen molar-refractivity contribution in [1.29, 1.82) is 0 Å². The molecule has 0 radical (unpaired) electrons. The normalized spacial score (nSPS) is 16.7. The molecule has 142 valence electrons. The van der Waals surface area contributed by atoms with Crippen LogP contribution in [-0.2, 0) is 21.2 Å². The van der Waals surface area contributed by atoms with Crippen LogP contribution in [0, 0.1) is 0 Å². The number of benzene rings is 2. The first kappa shape index (κ1) is 20.7. The smallest absolute Gasteiger partial charge is 0.244 e. The number of piperidine rings is 1. The number of amides is 1. The van der Waals surface area contributed by atoms with Crippen LogP contribution in [-0.4, -0.2) is 50.4 Å². The van der Waals surface area contributed by atoms with Crippen LogP contribution in [0.2, 0.25) is 0 Å². The lowest BCUT2D eigenvalue weighted by molar-refractivity contribution is -0.134. The summed E-state index contributed by atoms with van der Waals surface area (Å²) in [6.07, 6.45) is 1.83. The minimum Gasteiger partial charge on any atom is -0.340 e. The second kappa shape index (κ2) is 7.94. The van der Waals surface area contributed by atoms with Gasteiger partial charge in [-0.2, -0.15) is 0 Å². The molecule has 0 aliphatic carbocycles. The van der Waals surface area contributed by atoms with Crippen molar-refractivity contribution in [3.63, 3.8) is 0 Å². The number of halogens is 1. The largest absolute Gasteiger partial charge is 0.340 e. The topological polar surface area (TPSA) is 66.5 Å². The second-order valence-corrected chi connectivity index (χ2v) is 9.18. The summed E-state index contributed by atoms with van der Waals surface area (Å²) in [7, 11) is -1.80. The molecular weight excluding hydrogens is 372 g/mol. The molecule has 2 aromatic carbocycles. The number of rotatable bonds is 4. The quantitative estimate of drug-likeness (QED) is 0.861. The van der Waals surface area contributed by atoms with Crippen LogP contribution in [0.1, 0.15) is 18.4 Å². The molecule has 1 N–H and O–H groups in total. The molecule has 26 heavy (non-hydrogen) atoms. The average Bonchev–Trinajstić information content (AvgIpc) is 2.60. The zero-order valence-electron chi connectivity index (χ0n) is 15.1. The number of nitrogens with zero attached hydrogens (tertiary/aromatic N) is 1. The zero-order chi connectivity index (χ0) is 18.1. The summed E-state index contributed by atoms with van der Waals surface area (Å²) in [6.45, 7) is 1.49. The Bertz CT molecular complexity index is 893. The van der Waals surface area contributed by atoms with Crippen LogP contribution in [0.15, 0.2) is 42.5 Å². The van der Waals surface area contributed by atoms with Crippen LogP contribution < -0.4 is 5.32 Å². The van der Waals surface area contributed by atoms with Gasteiger partial charge in [0, 0.05) is 19.8 Å². The molecule has 0 spiro atoms. The number of fused-ring (bicyclic) bond motifs is 1. The molecule has 0 aromatic heterocycles. The second-order valence-electron chi connectivity index (χ2n) is 6.86. The van der Waals surface area contributed by atoms with Gasteiger partial charge in [0.1, 0.15) is 0 Å². The number of nitrogens with one attached hydrogen (secondary N) is 1. The molecule has 1 amide bonds. The third-order valence-corrected chi connectivity index (χ3v) is 7.09. The molecule has 5 nitrogen and oxygen atoms in total. The Morgan fingerprint density at radius 2 is 1.73 bits per heavy atom. The number of carbonyl (C=O) groups is 1. The van der Waals surface area contributed by atoms with Crippen LogP contribution in [0.3, 0.4) is 0 Å². The maximum atomic E-state index is 13.1. The molecule has 0 bridgehead atoms. The minimum absolute atomic E-state index is 0. The average molecular weight is 397 g/mol. The highest BCUT2D eigenvalue weighted by molar-refractivity contribution is 7.92. The van der Waals surface area contributed by atoms with E-state index in [0.717, 1.165) is 16.3 Å². The van der Waals surface area contributed by atoms with Crippen molar-refractivity contribution in [2.45, 2.75) is 24.1 Å². The van der Waals surface area contributed by atoms with Gasteiger partial charge in [-0.25, -0.2) is 8.42 Å². The lowest BCUT2D eigenvalue weighted by Gasteiger charge is -2.37. The van der Waals surface area contributed by atoms with Gasteiger partial charge in [0.25, 0.3) is 0 Å². The van der Waals surface area contributed by atoms with E-state index in [-0.39, 0.29) is 18.3 Å². The van der Waals surface area contributed by atoms with E-state index in [1.54, 1.807) is 11.9 Å². The highest BCUT2D eigenvalue weighted by atomic mass is 35.5. The Morgan fingerprint density at radius 3 is 2.35 bits per heavy atom. The van der Waals surface area contributed by atoms with Gasteiger partial charge >= 0.3 is 0 Å². The number of sulfone groups is 1. The Labute approximate surface area is 161 Å². The van der Waals surface area contributed by atoms with Gasteiger partial charge in [0.05, 0.1) is 0 Å². The molecular formula is C19H25ClN2O3S. The maximum absolute atomic E-state index is 13.1. The van der Waals surface area contributed by atoms with Gasteiger partial charge in [0.2, 0.25) is 5.91 Å². The highest BCUT2D eigenvalue weighted by Gasteiger charge is 2.49. The zero-order valence-corrected chi connectivity index (χ0v) is 16.7. The van der Waals surface area contributed by atoms with Crippen LogP contribution >= 0.6 is 12.4 Å². The molecule has 1 aliphatic heterocycles. The standard InChI is InChI=1S/C19H24N2O3S.ClH/c1-21(14-15-7-8-16-5-3-4-6-17(16)13-15)18(22)19(25(2,23)24)9-11-20-12-10-19;/h3-8,13,20H,9-12,14H2,1-2H3;1H. The summed E-state index contributed by atoms with van der Waals surface area (Å²) in [5.41, 5.74) is 0.993. The monoisotopic (exact) mass is 396 g/mol. The van der Waals surface area contributed by atoms with Crippen LogP contribution in [0.5, 0.6) is 0 Å². The molecule has 3 rings (SSSR count). The lowest BCUT2D eigenvalue weighted by atomic mass is 9.95. The third-order valence-electron chi connectivity index (χ3n) is 5.09. The Balaban J connectivity index is 0.00000243. The highest BCUT2D eigenvalue weighted by Crippen LogP contribution is 2.30. The summed E-state index contributed by atoms with van der Waals surface area (Å²) in [5.74, 6) is -0.301. The predicted octanol–water partition coefficient (Wildman–Crippen LogP) is 2.39. The van der Waals surface area contributed by atoms with Crippen LogP contribution in [0.4, 0.5) is 0 Å². The van der Waals surface area contributed by atoms with Crippen molar-refractivity contribution in [2.75, 3.05) is 26.4 Å². The molecule has 2 aromatic rings. The van der Waals surface area contributed by atoms with Gasteiger partial charge < -0.3 is 10.2 Å². The van der Waals surface area contributed by atoms with E-state index in [2.05, 4.69) is 11.4 Å². The fraction of sp³-hybridized carbons (Fsp3) is 0.421. The predicted molar refractivity (Wildman–Crippen MR) is 107 cm³/mol.